The molecule has 5 atom stereocenters. The van der Waals surface area contributed by atoms with Crippen molar-refractivity contribution in [1.82, 2.24) is 0 Å². The average molecular weight is 726 g/mol. The zero-order chi connectivity index (χ0) is 39.6. The number of carbonyl (C=O) groups excluding carboxylic acids is 5. The molecule has 4 unspecified atom stereocenters. The molecule has 0 bridgehead atoms. The first-order valence-corrected chi connectivity index (χ1v) is 21.1. The molecular formula is C46H79NO5. The number of ketones is 4. The molecule has 298 valence electrons. The van der Waals surface area contributed by atoms with Gasteiger partial charge in [0.25, 0.3) is 5.91 Å². The Morgan fingerprint density at radius 3 is 1.83 bits per heavy atom. The van der Waals surface area contributed by atoms with Crippen LogP contribution in [0.1, 0.15) is 189 Å². The van der Waals surface area contributed by atoms with Gasteiger partial charge in [0, 0.05) is 30.6 Å². The Labute approximate surface area is 319 Å². The van der Waals surface area contributed by atoms with Crippen LogP contribution in [0.25, 0.3) is 0 Å². The third-order valence-electron chi connectivity index (χ3n) is 11.3. The summed E-state index contributed by atoms with van der Waals surface area (Å²) in [4.78, 5) is 58.6. The molecule has 0 aromatic heterocycles. The number of primary amides is 1. The van der Waals surface area contributed by atoms with Crippen LogP contribution >= 0.6 is 0 Å². The highest BCUT2D eigenvalue weighted by molar-refractivity contribution is 6.36. The van der Waals surface area contributed by atoms with E-state index in [0.29, 0.717) is 36.2 Å². The molecule has 1 amide bonds. The molecule has 0 heterocycles. The average Bonchev–Trinajstić information content (AvgIpc) is 3.10. The summed E-state index contributed by atoms with van der Waals surface area (Å²) in [5.41, 5.74) is 8.95. The third kappa shape index (κ3) is 20.0. The van der Waals surface area contributed by atoms with E-state index in [0.717, 1.165) is 70.6 Å². The molecule has 0 aliphatic heterocycles. The Kier molecular flexibility index (Phi) is 27.4. The van der Waals surface area contributed by atoms with Crippen molar-refractivity contribution in [2.45, 2.75) is 191 Å². The van der Waals surface area contributed by atoms with Crippen molar-refractivity contribution < 1.29 is 24.0 Å². The fourth-order valence-corrected chi connectivity index (χ4v) is 7.71. The fraction of sp³-hybridized carbons (Fsp3) is 0.761. The summed E-state index contributed by atoms with van der Waals surface area (Å²) in [6.07, 6.45) is 19.2. The molecule has 0 fully saturated rings. The maximum Gasteiger partial charge on any atom is 0.285 e. The van der Waals surface area contributed by atoms with E-state index in [1.807, 2.05) is 20.8 Å². The van der Waals surface area contributed by atoms with Crippen LogP contribution < -0.4 is 5.73 Å². The van der Waals surface area contributed by atoms with Gasteiger partial charge >= 0.3 is 0 Å². The number of nitrogens with two attached hydrogens (primary N) is 1. The van der Waals surface area contributed by atoms with Gasteiger partial charge in [-0.15, -0.1) is 0 Å². The summed E-state index contributed by atoms with van der Waals surface area (Å²) in [6.45, 7) is 20.3. The normalized spacial score (nSPS) is 14.1. The van der Waals surface area contributed by atoms with Crippen molar-refractivity contribution >= 4 is 29.0 Å². The second kappa shape index (κ2) is 28.8. The maximum atomic E-state index is 13.4. The first-order valence-electron chi connectivity index (χ1n) is 21.1. The Balaban J connectivity index is 0.00000203. The van der Waals surface area contributed by atoms with Crippen molar-refractivity contribution in [3.63, 3.8) is 0 Å². The Hall–Kier alpha value is -2.63. The summed E-state index contributed by atoms with van der Waals surface area (Å²) in [5.74, 6) is 0.954. The van der Waals surface area contributed by atoms with Crippen molar-refractivity contribution in [3.05, 3.63) is 34.9 Å². The molecule has 1 aromatic rings. The van der Waals surface area contributed by atoms with Gasteiger partial charge in [-0.05, 0) is 106 Å². The first-order chi connectivity index (χ1) is 24.7. The molecule has 2 N–H and O–H groups in total. The van der Waals surface area contributed by atoms with Gasteiger partial charge in [0.2, 0.25) is 5.78 Å². The molecule has 1 aromatic carbocycles. The summed E-state index contributed by atoms with van der Waals surface area (Å²) in [6, 6.07) is 6.88. The molecule has 0 saturated carbocycles. The number of carbonyl (C=O) groups is 5. The Bertz CT molecular complexity index is 1190. The predicted molar refractivity (Wildman–Crippen MR) is 218 cm³/mol. The fourth-order valence-electron chi connectivity index (χ4n) is 7.71. The summed E-state index contributed by atoms with van der Waals surface area (Å²) < 4.78 is 0. The number of unbranched alkanes of at least 4 members (excludes halogenated alkanes) is 6. The molecule has 0 spiro atoms. The molecule has 0 aliphatic rings. The van der Waals surface area contributed by atoms with Crippen molar-refractivity contribution in [1.29, 1.82) is 0 Å². The molecular weight excluding hydrogens is 647 g/mol. The van der Waals surface area contributed by atoms with Crippen LogP contribution in [0.5, 0.6) is 0 Å². The lowest BCUT2D eigenvalue weighted by atomic mass is 9.74. The molecule has 52 heavy (non-hydrogen) atoms. The van der Waals surface area contributed by atoms with Gasteiger partial charge in [-0.3, -0.25) is 19.2 Å². The monoisotopic (exact) mass is 726 g/mol. The highest BCUT2D eigenvalue weighted by Crippen LogP contribution is 2.33. The quantitative estimate of drug-likeness (QED) is 0.0653. The third-order valence-corrected chi connectivity index (χ3v) is 11.3. The van der Waals surface area contributed by atoms with Crippen LogP contribution in [0.2, 0.25) is 0 Å². The van der Waals surface area contributed by atoms with Crippen LogP contribution in [-0.2, 0) is 43.2 Å². The van der Waals surface area contributed by atoms with Gasteiger partial charge in [-0.1, -0.05) is 125 Å². The minimum Gasteiger partial charge on any atom is -0.363 e. The van der Waals surface area contributed by atoms with E-state index in [-0.39, 0.29) is 29.5 Å². The van der Waals surface area contributed by atoms with Crippen molar-refractivity contribution in [2.75, 3.05) is 0 Å². The van der Waals surface area contributed by atoms with Crippen molar-refractivity contribution in [3.8, 4) is 0 Å². The van der Waals surface area contributed by atoms with E-state index in [9.17, 15) is 24.0 Å². The van der Waals surface area contributed by atoms with Gasteiger partial charge in [-0.2, -0.15) is 0 Å². The number of rotatable bonds is 29. The lowest BCUT2D eigenvalue weighted by Crippen LogP contribution is -2.32. The minimum atomic E-state index is -0.814. The zero-order valence-corrected chi connectivity index (χ0v) is 35.2. The van der Waals surface area contributed by atoms with E-state index >= 15 is 0 Å². The van der Waals surface area contributed by atoms with Gasteiger partial charge in [0.05, 0.1) is 0 Å². The molecule has 6 heteroatoms. The van der Waals surface area contributed by atoms with Crippen LogP contribution in [0.3, 0.4) is 0 Å². The van der Waals surface area contributed by atoms with E-state index in [2.05, 4.69) is 52.8 Å². The molecule has 6 nitrogen and oxygen atoms in total. The summed E-state index contributed by atoms with van der Waals surface area (Å²) >= 11 is 0. The second-order valence-corrected chi connectivity index (χ2v) is 15.9. The number of Topliss-reactive ketones (excluding diaryl/α,β-unsaturated/α-hetero) is 4. The number of benzene rings is 1. The van der Waals surface area contributed by atoms with E-state index in [4.69, 9.17) is 5.73 Å². The summed E-state index contributed by atoms with van der Waals surface area (Å²) in [5, 5.41) is 0. The van der Waals surface area contributed by atoms with Crippen LogP contribution in [0, 0.1) is 35.5 Å². The molecule has 0 aliphatic carbocycles. The van der Waals surface area contributed by atoms with Crippen LogP contribution in [-0.4, -0.2) is 29.0 Å². The second-order valence-electron chi connectivity index (χ2n) is 15.9. The summed E-state index contributed by atoms with van der Waals surface area (Å²) in [7, 11) is 0. The largest absolute Gasteiger partial charge is 0.363 e. The highest BCUT2D eigenvalue weighted by atomic mass is 16.2. The van der Waals surface area contributed by atoms with Crippen molar-refractivity contribution in [2.24, 2.45) is 41.2 Å². The number of hydrogen-bond donors (Lipinski definition) is 1. The van der Waals surface area contributed by atoms with E-state index in [1.165, 1.54) is 55.2 Å². The predicted octanol–water partition coefficient (Wildman–Crippen LogP) is 11.2. The van der Waals surface area contributed by atoms with Crippen LogP contribution in [0.15, 0.2) is 18.2 Å². The van der Waals surface area contributed by atoms with Crippen LogP contribution in [0.4, 0.5) is 0 Å². The first kappa shape index (κ1) is 49.4. The Morgan fingerprint density at radius 2 is 1.33 bits per heavy atom. The van der Waals surface area contributed by atoms with E-state index < -0.39 is 11.7 Å². The smallest absolute Gasteiger partial charge is 0.285 e. The zero-order valence-electron chi connectivity index (χ0n) is 35.2. The maximum absolute atomic E-state index is 13.4. The SMILES string of the molecule is CCC(C(=O)C(N)=O)C(C)C.CCCCC(CC)[C@@H](C(=O)CCCCC(Cc1ccc(CCCCCCCC(C)=O)cc1CC)C(C)=O)C(C)CC. The molecule has 0 radical (unpaired) electrons. The number of amides is 1. The molecule has 1 rings (SSSR count). The van der Waals surface area contributed by atoms with Gasteiger partial charge in [-0.25, -0.2) is 0 Å². The van der Waals surface area contributed by atoms with E-state index in [1.54, 1.807) is 13.8 Å². The minimum absolute atomic E-state index is 0.0366. The van der Waals surface area contributed by atoms with Gasteiger partial charge < -0.3 is 10.5 Å². The topological polar surface area (TPSA) is 111 Å². The molecule has 0 saturated heterocycles. The highest BCUT2D eigenvalue weighted by Gasteiger charge is 2.30. The Morgan fingerprint density at radius 1 is 0.692 bits per heavy atom. The van der Waals surface area contributed by atoms with Gasteiger partial charge in [0.15, 0.2) is 0 Å². The number of aryl methyl sites for hydroxylation is 2. The lowest BCUT2D eigenvalue weighted by molar-refractivity contribution is -0.139. The van der Waals surface area contributed by atoms with Gasteiger partial charge in [0.1, 0.15) is 17.3 Å². The lowest BCUT2D eigenvalue weighted by Gasteiger charge is -2.30. The number of hydrogen-bond acceptors (Lipinski definition) is 5. The standard InChI is InChI=1S/C38H64O3.C8H15NO2/c1-8-12-22-33(10-3)38(29(5)9-2)37(41)24-19-18-23-35(31(7)40)28-36-26-25-32(27-34(36)11-4)21-17-15-13-14-16-20-30(6)39;1-4-6(5(2)3)7(10)8(9)11/h25-27,29,33,35,38H,8-24,28H2,1-7H3;5-6H,4H2,1-3H3,(H2,9,11)/t29?,33?,35?,38-;/m0./s1.